The van der Waals surface area contributed by atoms with Crippen LogP contribution in [0.3, 0.4) is 0 Å². The van der Waals surface area contributed by atoms with E-state index in [2.05, 4.69) is 17.0 Å². The van der Waals surface area contributed by atoms with Crippen molar-refractivity contribution in [1.29, 1.82) is 0 Å². The van der Waals surface area contributed by atoms with E-state index in [1.165, 1.54) is 29.0 Å². The van der Waals surface area contributed by atoms with E-state index in [0.717, 1.165) is 17.3 Å². The summed E-state index contributed by atoms with van der Waals surface area (Å²) in [6.07, 6.45) is 0.944. The molecule has 0 atom stereocenters. The summed E-state index contributed by atoms with van der Waals surface area (Å²) >= 11 is 6.03. The molecule has 0 saturated carbocycles. The number of piperazine rings is 1. The molecular formula is C20H25ClFN3O2S. The lowest BCUT2D eigenvalue weighted by molar-refractivity contribution is 0.184. The zero-order valence-electron chi connectivity index (χ0n) is 15.9. The molecular weight excluding hydrogens is 401 g/mol. The van der Waals surface area contributed by atoms with Crippen LogP contribution in [0.25, 0.3) is 0 Å². The van der Waals surface area contributed by atoms with Gasteiger partial charge in [0.25, 0.3) is 10.2 Å². The molecule has 0 radical (unpaired) electrons. The van der Waals surface area contributed by atoms with E-state index in [9.17, 15) is 12.8 Å². The second-order valence-corrected chi connectivity index (χ2v) is 9.38. The van der Waals surface area contributed by atoms with Crippen LogP contribution in [0.5, 0.6) is 0 Å². The third kappa shape index (κ3) is 5.10. The minimum Gasteiger partial charge on any atom is -0.300 e. The molecule has 1 saturated heterocycles. The summed E-state index contributed by atoms with van der Waals surface area (Å²) in [5, 5.41) is 0.229. The molecule has 28 heavy (non-hydrogen) atoms. The van der Waals surface area contributed by atoms with Crippen molar-refractivity contribution in [2.75, 3.05) is 39.8 Å². The lowest BCUT2D eigenvalue weighted by Gasteiger charge is -2.36. The Kier molecular flexibility index (Phi) is 7.06. The molecule has 5 nitrogen and oxygen atoms in total. The van der Waals surface area contributed by atoms with Crippen LogP contribution in [0, 0.1) is 5.82 Å². The first-order valence-corrected chi connectivity index (χ1v) is 11.1. The Morgan fingerprint density at radius 1 is 1.04 bits per heavy atom. The molecule has 0 spiro atoms. The van der Waals surface area contributed by atoms with Gasteiger partial charge in [-0.1, -0.05) is 48.0 Å². The van der Waals surface area contributed by atoms with Crippen LogP contribution in [-0.4, -0.2) is 61.7 Å². The van der Waals surface area contributed by atoms with Crippen molar-refractivity contribution < 1.29 is 12.8 Å². The lowest BCUT2D eigenvalue weighted by Crippen LogP contribution is -2.52. The van der Waals surface area contributed by atoms with E-state index in [-0.39, 0.29) is 17.1 Å². The monoisotopic (exact) mass is 425 g/mol. The number of benzene rings is 2. The smallest absolute Gasteiger partial charge is 0.282 e. The fourth-order valence-electron chi connectivity index (χ4n) is 3.30. The number of halogens is 2. The van der Waals surface area contributed by atoms with Crippen molar-refractivity contribution in [3.05, 3.63) is 70.5 Å². The molecule has 0 aliphatic carbocycles. The van der Waals surface area contributed by atoms with Gasteiger partial charge in [-0.25, -0.2) is 4.39 Å². The third-order valence-corrected chi connectivity index (χ3v) is 7.34. The normalized spacial score (nSPS) is 16.6. The predicted octanol–water partition coefficient (Wildman–Crippen LogP) is 3.02. The summed E-state index contributed by atoms with van der Waals surface area (Å²) in [5.74, 6) is -0.500. The lowest BCUT2D eigenvalue weighted by atomic mass is 10.1. The summed E-state index contributed by atoms with van der Waals surface area (Å²) in [6.45, 7) is 3.01. The first kappa shape index (κ1) is 21.2. The van der Waals surface area contributed by atoms with Crippen LogP contribution in [-0.2, 0) is 23.2 Å². The van der Waals surface area contributed by atoms with Gasteiger partial charge in [0.1, 0.15) is 5.82 Å². The summed E-state index contributed by atoms with van der Waals surface area (Å²) in [4.78, 5) is 2.27. The fourth-order valence-corrected chi connectivity index (χ4v) is 4.83. The Morgan fingerprint density at radius 2 is 1.71 bits per heavy atom. The van der Waals surface area contributed by atoms with Crippen molar-refractivity contribution in [3.63, 3.8) is 0 Å². The minimum atomic E-state index is -3.67. The van der Waals surface area contributed by atoms with Crippen LogP contribution < -0.4 is 0 Å². The van der Waals surface area contributed by atoms with Gasteiger partial charge in [0.05, 0.1) is 0 Å². The van der Waals surface area contributed by atoms with Gasteiger partial charge in [-0.2, -0.15) is 17.0 Å². The van der Waals surface area contributed by atoms with Gasteiger partial charge in [0.15, 0.2) is 0 Å². The van der Waals surface area contributed by atoms with Crippen LogP contribution in [0.4, 0.5) is 4.39 Å². The molecule has 0 N–H and O–H groups in total. The zero-order chi connectivity index (χ0) is 20.1. The topological polar surface area (TPSA) is 43.9 Å². The SMILES string of the molecule is CN(Cc1c(F)cccc1Cl)S(=O)(=O)N1CCN(CCc2ccccc2)CC1. The van der Waals surface area contributed by atoms with E-state index < -0.39 is 16.0 Å². The Bertz CT molecular complexity index is 867. The first-order chi connectivity index (χ1) is 13.4. The van der Waals surface area contributed by atoms with Gasteiger partial charge in [0, 0.05) is 56.9 Å². The third-order valence-electron chi connectivity index (χ3n) is 5.05. The standard InChI is InChI=1S/C20H25ClFN3O2S/c1-23(16-18-19(21)8-5-9-20(18)22)28(26,27)25-14-12-24(13-15-25)11-10-17-6-3-2-4-7-17/h2-9H,10-16H2,1H3. The van der Waals surface area contributed by atoms with E-state index in [0.29, 0.717) is 26.2 Å². The molecule has 0 amide bonds. The largest absolute Gasteiger partial charge is 0.300 e. The second-order valence-electron chi connectivity index (χ2n) is 6.94. The van der Waals surface area contributed by atoms with Crippen molar-refractivity contribution in [2.24, 2.45) is 0 Å². The Labute approximate surface area is 171 Å². The fraction of sp³-hybridized carbons (Fsp3) is 0.400. The van der Waals surface area contributed by atoms with Crippen molar-refractivity contribution >= 4 is 21.8 Å². The zero-order valence-corrected chi connectivity index (χ0v) is 17.5. The van der Waals surface area contributed by atoms with Gasteiger partial charge < -0.3 is 4.90 Å². The van der Waals surface area contributed by atoms with Crippen molar-refractivity contribution in [3.8, 4) is 0 Å². The highest BCUT2D eigenvalue weighted by molar-refractivity contribution is 7.86. The van der Waals surface area contributed by atoms with Crippen LogP contribution >= 0.6 is 11.6 Å². The van der Waals surface area contributed by atoms with E-state index in [1.54, 1.807) is 6.07 Å². The van der Waals surface area contributed by atoms with Crippen LogP contribution in [0.15, 0.2) is 48.5 Å². The highest BCUT2D eigenvalue weighted by atomic mass is 35.5. The van der Waals surface area contributed by atoms with Gasteiger partial charge in [-0.05, 0) is 24.1 Å². The van der Waals surface area contributed by atoms with E-state index >= 15 is 0 Å². The van der Waals surface area contributed by atoms with Crippen molar-refractivity contribution in [1.82, 2.24) is 13.5 Å². The minimum absolute atomic E-state index is 0.0952. The maximum Gasteiger partial charge on any atom is 0.282 e. The first-order valence-electron chi connectivity index (χ1n) is 9.28. The molecule has 1 heterocycles. The molecule has 0 bridgehead atoms. The maximum atomic E-state index is 14.0. The molecule has 152 valence electrons. The van der Waals surface area contributed by atoms with Gasteiger partial charge in [-0.15, -0.1) is 0 Å². The quantitative estimate of drug-likeness (QED) is 0.685. The summed E-state index contributed by atoms with van der Waals surface area (Å²) in [7, 11) is -2.21. The van der Waals surface area contributed by atoms with E-state index in [4.69, 9.17) is 11.6 Å². The maximum absolute atomic E-state index is 14.0. The number of hydrogen-bond acceptors (Lipinski definition) is 3. The van der Waals surface area contributed by atoms with Crippen LogP contribution in [0.2, 0.25) is 5.02 Å². The summed E-state index contributed by atoms with van der Waals surface area (Å²) in [5.41, 5.74) is 1.47. The second kappa shape index (κ2) is 9.33. The predicted molar refractivity (Wildman–Crippen MR) is 110 cm³/mol. The highest BCUT2D eigenvalue weighted by Gasteiger charge is 2.31. The summed E-state index contributed by atoms with van der Waals surface area (Å²) in [6, 6.07) is 14.6. The molecule has 3 rings (SSSR count). The average Bonchev–Trinajstić information content (AvgIpc) is 2.70. The molecule has 1 aliphatic heterocycles. The summed E-state index contributed by atoms with van der Waals surface area (Å²) < 4.78 is 42.3. The van der Waals surface area contributed by atoms with Gasteiger partial charge >= 0.3 is 0 Å². The molecule has 2 aromatic rings. The molecule has 1 fully saturated rings. The Hall–Kier alpha value is -1.51. The molecule has 0 unspecified atom stereocenters. The molecule has 2 aromatic carbocycles. The van der Waals surface area contributed by atoms with Gasteiger partial charge in [-0.3, -0.25) is 0 Å². The molecule has 8 heteroatoms. The molecule has 1 aliphatic rings. The van der Waals surface area contributed by atoms with Crippen molar-refractivity contribution in [2.45, 2.75) is 13.0 Å². The van der Waals surface area contributed by atoms with Crippen LogP contribution in [0.1, 0.15) is 11.1 Å². The van der Waals surface area contributed by atoms with E-state index in [1.807, 2.05) is 18.2 Å². The average molecular weight is 426 g/mol. The number of rotatable bonds is 7. The molecule has 0 aromatic heterocycles. The number of hydrogen-bond donors (Lipinski definition) is 0. The highest BCUT2D eigenvalue weighted by Crippen LogP contribution is 2.22. The van der Waals surface area contributed by atoms with Gasteiger partial charge in [0.2, 0.25) is 0 Å². The Morgan fingerprint density at radius 3 is 2.36 bits per heavy atom. The number of nitrogens with zero attached hydrogens (tertiary/aromatic N) is 3. The Balaban J connectivity index is 1.55.